The molecule has 0 spiro atoms. The molecule has 1 aromatic rings. The van der Waals surface area contributed by atoms with E-state index in [-0.39, 0.29) is 6.10 Å². The van der Waals surface area contributed by atoms with Crippen LogP contribution < -0.4 is 4.74 Å². The fraction of sp³-hybridized carbons (Fsp3) is 0.625. The lowest BCUT2D eigenvalue weighted by atomic mass is 10.5. The van der Waals surface area contributed by atoms with Crippen molar-refractivity contribution in [2.75, 3.05) is 5.33 Å². The van der Waals surface area contributed by atoms with Gasteiger partial charge in [-0.3, -0.25) is 0 Å². The van der Waals surface area contributed by atoms with Crippen LogP contribution in [0, 0.1) is 0 Å². The van der Waals surface area contributed by atoms with E-state index in [1.54, 1.807) is 19.2 Å². The fourth-order valence-electron chi connectivity index (χ4n) is 0.829. The molecule has 13 heavy (non-hydrogen) atoms. The number of aliphatic hydroxyl groups excluding tert-OH is 1. The maximum absolute atomic E-state index is 9.16. The number of rotatable bonds is 4. The third kappa shape index (κ3) is 3.00. The maximum Gasteiger partial charge on any atom is 0.233 e. The monoisotopic (exact) mass is 248 g/mol. The predicted octanol–water partition coefficient (Wildman–Crippen LogP) is 1.56. The van der Waals surface area contributed by atoms with E-state index in [1.807, 2.05) is 6.92 Å². The van der Waals surface area contributed by atoms with Gasteiger partial charge in [-0.1, -0.05) is 15.9 Å². The van der Waals surface area contributed by atoms with Gasteiger partial charge in [-0.15, -0.1) is 5.10 Å². The number of ether oxygens (including phenoxy) is 1. The lowest BCUT2D eigenvalue weighted by Gasteiger charge is -2.08. The number of nitrogens with zero attached hydrogens (tertiary/aromatic N) is 2. The van der Waals surface area contributed by atoms with E-state index in [2.05, 4.69) is 21.0 Å². The smallest absolute Gasteiger partial charge is 0.233 e. The Morgan fingerprint density at radius 2 is 2.38 bits per heavy atom. The van der Waals surface area contributed by atoms with Gasteiger partial charge in [-0.2, -0.15) is 0 Å². The van der Waals surface area contributed by atoms with Crippen LogP contribution in [0.25, 0.3) is 0 Å². The summed E-state index contributed by atoms with van der Waals surface area (Å²) in [7, 11) is 0. The molecule has 0 aromatic carbocycles. The molecule has 2 unspecified atom stereocenters. The Morgan fingerprint density at radius 1 is 1.69 bits per heavy atom. The van der Waals surface area contributed by atoms with E-state index in [1.165, 1.54) is 4.68 Å². The van der Waals surface area contributed by atoms with E-state index < -0.39 is 6.23 Å². The highest BCUT2D eigenvalue weighted by Crippen LogP contribution is 2.11. The fourth-order valence-corrected chi connectivity index (χ4v) is 0.961. The lowest BCUT2D eigenvalue weighted by molar-refractivity contribution is 0.107. The SMILES string of the molecule is CC(CBr)Oc1ccn(C(C)O)n1. The topological polar surface area (TPSA) is 47.3 Å². The summed E-state index contributed by atoms with van der Waals surface area (Å²) in [5.41, 5.74) is 0. The first-order valence-corrected chi connectivity index (χ1v) is 5.21. The molecule has 5 heteroatoms. The van der Waals surface area contributed by atoms with Crippen LogP contribution in [0.2, 0.25) is 0 Å². The van der Waals surface area contributed by atoms with Crippen molar-refractivity contribution >= 4 is 15.9 Å². The van der Waals surface area contributed by atoms with Gasteiger partial charge in [-0.25, -0.2) is 4.68 Å². The number of aliphatic hydroxyl groups is 1. The molecule has 0 aliphatic heterocycles. The molecular weight excluding hydrogens is 236 g/mol. The third-order valence-corrected chi connectivity index (χ3v) is 2.42. The van der Waals surface area contributed by atoms with Crippen molar-refractivity contribution < 1.29 is 9.84 Å². The molecule has 0 bridgehead atoms. The Labute approximate surface area is 85.6 Å². The summed E-state index contributed by atoms with van der Waals surface area (Å²) >= 11 is 3.30. The van der Waals surface area contributed by atoms with Crippen LogP contribution in [0.3, 0.4) is 0 Å². The minimum atomic E-state index is -0.614. The molecule has 0 aliphatic carbocycles. The molecule has 0 saturated carbocycles. The van der Waals surface area contributed by atoms with Crippen molar-refractivity contribution in [3.8, 4) is 5.88 Å². The molecule has 0 aliphatic rings. The molecule has 4 nitrogen and oxygen atoms in total. The van der Waals surface area contributed by atoms with E-state index in [9.17, 15) is 0 Å². The maximum atomic E-state index is 9.16. The van der Waals surface area contributed by atoms with Gasteiger partial charge >= 0.3 is 0 Å². The van der Waals surface area contributed by atoms with Crippen molar-refractivity contribution in [3.05, 3.63) is 12.3 Å². The number of hydrogen-bond donors (Lipinski definition) is 1. The van der Waals surface area contributed by atoms with E-state index in [0.29, 0.717) is 5.88 Å². The van der Waals surface area contributed by atoms with Gasteiger partial charge in [0.1, 0.15) is 12.3 Å². The molecule has 74 valence electrons. The summed E-state index contributed by atoms with van der Waals surface area (Å²) < 4.78 is 6.85. The van der Waals surface area contributed by atoms with Crippen molar-refractivity contribution in [2.45, 2.75) is 26.2 Å². The molecule has 2 atom stereocenters. The van der Waals surface area contributed by atoms with Gasteiger partial charge in [0.05, 0.1) is 0 Å². The Balaban J connectivity index is 2.58. The summed E-state index contributed by atoms with van der Waals surface area (Å²) in [6.45, 7) is 3.58. The van der Waals surface area contributed by atoms with Crippen LogP contribution in [-0.4, -0.2) is 26.3 Å². The minimum Gasteiger partial charge on any atom is -0.473 e. The normalized spacial score (nSPS) is 15.4. The molecule has 1 rings (SSSR count). The summed E-state index contributed by atoms with van der Waals surface area (Å²) in [5.74, 6) is 0.535. The van der Waals surface area contributed by atoms with Crippen LogP contribution in [0.5, 0.6) is 5.88 Å². The van der Waals surface area contributed by atoms with Gasteiger partial charge in [0.2, 0.25) is 5.88 Å². The highest BCUT2D eigenvalue weighted by Gasteiger charge is 2.06. The van der Waals surface area contributed by atoms with E-state index in [0.717, 1.165) is 5.33 Å². The second-order valence-corrected chi connectivity index (χ2v) is 3.50. The first kappa shape index (κ1) is 10.5. The molecule has 0 amide bonds. The molecule has 1 aromatic heterocycles. The highest BCUT2D eigenvalue weighted by molar-refractivity contribution is 9.09. The zero-order chi connectivity index (χ0) is 9.84. The van der Waals surface area contributed by atoms with E-state index >= 15 is 0 Å². The van der Waals surface area contributed by atoms with Gasteiger partial charge in [0.15, 0.2) is 0 Å². The van der Waals surface area contributed by atoms with Crippen LogP contribution in [-0.2, 0) is 0 Å². The Kier molecular flexibility index (Phi) is 3.74. The van der Waals surface area contributed by atoms with Gasteiger partial charge in [0.25, 0.3) is 0 Å². The summed E-state index contributed by atoms with van der Waals surface area (Å²) in [4.78, 5) is 0. The number of halogens is 1. The zero-order valence-corrected chi connectivity index (χ0v) is 9.23. The zero-order valence-electron chi connectivity index (χ0n) is 7.64. The number of aromatic nitrogens is 2. The standard InChI is InChI=1S/C8H13BrN2O2/c1-6(5-9)13-8-3-4-11(10-8)7(2)12/h3-4,6-7,12H,5H2,1-2H3. The van der Waals surface area contributed by atoms with Crippen molar-refractivity contribution in [1.82, 2.24) is 9.78 Å². The molecule has 0 saturated heterocycles. The number of hydrogen-bond acceptors (Lipinski definition) is 3. The average Bonchev–Trinajstić information content (AvgIpc) is 2.52. The van der Waals surface area contributed by atoms with Gasteiger partial charge in [0, 0.05) is 17.6 Å². The molecule has 1 heterocycles. The Bertz CT molecular complexity index is 262. The first-order chi connectivity index (χ1) is 6.13. The van der Waals surface area contributed by atoms with Crippen LogP contribution >= 0.6 is 15.9 Å². The summed E-state index contributed by atoms with van der Waals surface area (Å²) in [6.07, 6.45) is 1.15. The second kappa shape index (κ2) is 4.62. The van der Waals surface area contributed by atoms with E-state index in [4.69, 9.17) is 9.84 Å². The van der Waals surface area contributed by atoms with Crippen LogP contribution in [0.1, 0.15) is 20.1 Å². The van der Waals surface area contributed by atoms with Crippen molar-refractivity contribution in [2.24, 2.45) is 0 Å². The Morgan fingerprint density at radius 3 is 2.85 bits per heavy atom. The van der Waals surface area contributed by atoms with Crippen LogP contribution in [0.15, 0.2) is 12.3 Å². The predicted molar refractivity (Wildman–Crippen MR) is 53.0 cm³/mol. The largest absolute Gasteiger partial charge is 0.473 e. The van der Waals surface area contributed by atoms with Crippen molar-refractivity contribution in [3.63, 3.8) is 0 Å². The molecule has 0 radical (unpaired) electrons. The minimum absolute atomic E-state index is 0.0809. The molecule has 0 fully saturated rings. The molecular formula is C8H13BrN2O2. The highest BCUT2D eigenvalue weighted by atomic mass is 79.9. The van der Waals surface area contributed by atoms with Gasteiger partial charge < -0.3 is 9.84 Å². The second-order valence-electron chi connectivity index (χ2n) is 2.85. The first-order valence-electron chi connectivity index (χ1n) is 4.09. The van der Waals surface area contributed by atoms with Crippen LogP contribution in [0.4, 0.5) is 0 Å². The Hall–Kier alpha value is -0.550. The third-order valence-electron chi connectivity index (χ3n) is 1.51. The van der Waals surface area contributed by atoms with Gasteiger partial charge in [-0.05, 0) is 13.8 Å². The quantitative estimate of drug-likeness (QED) is 0.823. The lowest BCUT2D eigenvalue weighted by Crippen LogP contribution is -2.13. The number of alkyl halides is 1. The molecule has 1 N–H and O–H groups in total. The van der Waals surface area contributed by atoms with Crippen molar-refractivity contribution in [1.29, 1.82) is 0 Å². The average molecular weight is 249 g/mol. The summed E-state index contributed by atoms with van der Waals surface area (Å²) in [5, 5.41) is 13.9. The summed E-state index contributed by atoms with van der Waals surface area (Å²) in [6, 6.07) is 1.73.